The Labute approximate surface area is 114 Å². The van der Waals surface area contributed by atoms with Gasteiger partial charge >= 0.3 is 6.18 Å². The first kappa shape index (κ1) is 14.4. The number of rotatable bonds is 2. The number of halogens is 4. The highest BCUT2D eigenvalue weighted by molar-refractivity contribution is 6.29. The monoisotopic (exact) mass is 293 g/mol. The molecule has 0 amide bonds. The molecular weight excluding hydrogens is 279 g/mol. The summed E-state index contributed by atoms with van der Waals surface area (Å²) in [5.74, 6) is -0.0354. The van der Waals surface area contributed by atoms with Crippen LogP contribution in [0.1, 0.15) is 44.1 Å². The van der Waals surface area contributed by atoms with E-state index >= 15 is 0 Å². The van der Waals surface area contributed by atoms with E-state index < -0.39 is 11.7 Å². The summed E-state index contributed by atoms with van der Waals surface area (Å²) in [5.41, 5.74) is -0.823. The van der Waals surface area contributed by atoms with Gasteiger partial charge in [-0.25, -0.2) is 4.98 Å². The van der Waals surface area contributed by atoms with Crippen molar-refractivity contribution in [2.24, 2.45) is 0 Å². The van der Waals surface area contributed by atoms with E-state index in [1.165, 1.54) is 0 Å². The Bertz CT molecular complexity index is 428. The molecule has 6 heteroatoms. The molecule has 0 N–H and O–H groups in total. The Kier molecular flexibility index (Phi) is 4.55. The number of nitrogens with zero attached hydrogens (tertiary/aromatic N) is 1. The van der Waals surface area contributed by atoms with Gasteiger partial charge in [0.05, 0.1) is 5.56 Å². The fourth-order valence-corrected chi connectivity index (χ4v) is 2.43. The van der Waals surface area contributed by atoms with E-state index in [1.807, 2.05) is 0 Å². The van der Waals surface area contributed by atoms with Gasteiger partial charge in [0, 0.05) is 6.07 Å². The summed E-state index contributed by atoms with van der Waals surface area (Å²) in [7, 11) is 0. The second-order valence-corrected chi connectivity index (χ2v) is 5.13. The minimum Gasteiger partial charge on any atom is -0.474 e. The van der Waals surface area contributed by atoms with E-state index in [0.29, 0.717) is 0 Å². The molecule has 1 saturated carbocycles. The third-order valence-corrected chi connectivity index (χ3v) is 3.38. The van der Waals surface area contributed by atoms with Gasteiger partial charge in [0.1, 0.15) is 11.3 Å². The Morgan fingerprint density at radius 2 is 1.74 bits per heavy atom. The van der Waals surface area contributed by atoms with E-state index in [2.05, 4.69) is 4.98 Å². The fraction of sp³-hybridized carbons (Fsp3) is 0.615. The maximum atomic E-state index is 12.6. The first-order chi connectivity index (χ1) is 8.95. The van der Waals surface area contributed by atoms with Gasteiger partial charge < -0.3 is 4.74 Å². The van der Waals surface area contributed by atoms with Gasteiger partial charge in [-0.2, -0.15) is 13.2 Å². The molecule has 0 bridgehead atoms. The van der Waals surface area contributed by atoms with Crippen molar-refractivity contribution in [3.63, 3.8) is 0 Å². The highest BCUT2D eigenvalue weighted by Crippen LogP contribution is 2.33. The van der Waals surface area contributed by atoms with Crippen LogP contribution in [0.25, 0.3) is 0 Å². The molecule has 2 rings (SSSR count). The van der Waals surface area contributed by atoms with Crippen LogP contribution in [0.4, 0.5) is 13.2 Å². The number of hydrogen-bond acceptors (Lipinski definition) is 2. The second-order valence-electron chi connectivity index (χ2n) is 4.75. The first-order valence-electron chi connectivity index (χ1n) is 6.36. The van der Waals surface area contributed by atoms with E-state index in [9.17, 15) is 13.2 Å². The Hall–Kier alpha value is -0.970. The normalized spacial score (nSPS) is 18.1. The molecule has 1 heterocycles. The molecule has 0 saturated heterocycles. The zero-order valence-electron chi connectivity index (χ0n) is 10.3. The largest absolute Gasteiger partial charge is 0.474 e. The highest BCUT2D eigenvalue weighted by atomic mass is 35.5. The average molecular weight is 294 g/mol. The molecule has 0 radical (unpaired) electrons. The fourth-order valence-electron chi connectivity index (χ4n) is 2.23. The van der Waals surface area contributed by atoms with Gasteiger partial charge in [-0.15, -0.1) is 0 Å². The molecule has 0 spiro atoms. The first-order valence-corrected chi connectivity index (χ1v) is 6.74. The maximum absolute atomic E-state index is 12.6. The van der Waals surface area contributed by atoms with Crippen LogP contribution in [0.2, 0.25) is 5.15 Å². The average Bonchev–Trinajstić information content (AvgIpc) is 2.55. The van der Waals surface area contributed by atoms with Crippen LogP contribution >= 0.6 is 11.6 Å². The van der Waals surface area contributed by atoms with Gasteiger partial charge in [-0.05, 0) is 31.7 Å². The summed E-state index contributed by atoms with van der Waals surface area (Å²) < 4.78 is 43.5. The van der Waals surface area contributed by atoms with Crippen LogP contribution in [0, 0.1) is 0 Å². The zero-order chi connectivity index (χ0) is 13.9. The van der Waals surface area contributed by atoms with Crippen molar-refractivity contribution in [2.75, 3.05) is 0 Å². The standard InChI is InChI=1S/C13H15ClF3NO/c14-11-7-9(13(15,16)17)8-12(18-11)19-10-5-3-1-2-4-6-10/h7-8,10H,1-6H2. The van der Waals surface area contributed by atoms with Crippen molar-refractivity contribution in [3.8, 4) is 5.88 Å². The van der Waals surface area contributed by atoms with Crippen LogP contribution in [0.3, 0.4) is 0 Å². The summed E-state index contributed by atoms with van der Waals surface area (Å²) in [6, 6.07) is 1.72. The minimum absolute atomic E-state index is 0.0354. The molecule has 0 aromatic carbocycles. The van der Waals surface area contributed by atoms with Crippen molar-refractivity contribution in [3.05, 3.63) is 22.8 Å². The van der Waals surface area contributed by atoms with Gasteiger partial charge in [0.15, 0.2) is 0 Å². The van der Waals surface area contributed by atoms with Crippen molar-refractivity contribution in [2.45, 2.75) is 50.8 Å². The lowest BCUT2D eigenvalue weighted by atomic mass is 10.1. The molecule has 1 fully saturated rings. The lowest BCUT2D eigenvalue weighted by Gasteiger charge is -2.17. The summed E-state index contributed by atoms with van der Waals surface area (Å²) in [5, 5.41) is -0.196. The number of alkyl halides is 3. The molecule has 19 heavy (non-hydrogen) atoms. The Morgan fingerprint density at radius 3 is 2.32 bits per heavy atom. The molecule has 0 aliphatic heterocycles. The minimum atomic E-state index is -4.44. The Balaban J connectivity index is 2.13. The summed E-state index contributed by atoms with van der Waals surface area (Å²) in [6.07, 6.45) is 1.59. The maximum Gasteiger partial charge on any atom is 0.416 e. The van der Waals surface area contributed by atoms with Crippen LogP contribution in [-0.2, 0) is 6.18 Å². The lowest BCUT2D eigenvalue weighted by molar-refractivity contribution is -0.137. The van der Waals surface area contributed by atoms with E-state index in [1.54, 1.807) is 0 Å². The van der Waals surface area contributed by atoms with Gasteiger partial charge in [0.2, 0.25) is 5.88 Å². The molecule has 2 nitrogen and oxygen atoms in total. The summed E-state index contributed by atoms with van der Waals surface area (Å²) in [6.45, 7) is 0. The number of hydrogen-bond donors (Lipinski definition) is 0. The molecule has 1 aliphatic rings. The van der Waals surface area contributed by atoms with Gasteiger partial charge in [-0.1, -0.05) is 24.4 Å². The van der Waals surface area contributed by atoms with Crippen LogP contribution in [0.15, 0.2) is 12.1 Å². The summed E-state index contributed by atoms with van der Waals surface area (Å²) in [4.78, 5) is 3.82. The summed E-state index contributed by atoms with van der Waals surface area (Å²) >= 11 is 5.61. The van der Waals surface area contributed by atoms with Gasteiger partial charge in [-0.3, -0.25) is 0 Å². The lowest BCUT2D eigenvalue weighted by Crippen LogP contribution is -2.16. The van der Waals surface area contributed by atoms with E-state index in [-0.39, 0.29) is 17.1 Å². The smallest absolute Gasteiger partial charge is 0.416 e. The predicted molar refractivity (Wildman–Crippen MR) is 66.4 cm³/mol. The molecule has 0 atom stereocenters. The van der Waals surface area contributed by atoms with E-state index in [4.69, 9.17) is 16.3 Å². The van der Waals surface area contributed by atoms with Crippen LogP contribution < -0.4 is 4.74 Å². The third kappa shape index (κ3) is 4.27. The topological polar surface area (TPSA) is 22.1 Å². The van der Waals surface area contributed by atoms with Crippen molar-refractivity contribution in [1.29, 1.82) is 0 Å². The molecular formula is C13H15ClF3NO. The molecule has 1 aromatic heterocycles. The quantitative estimate of drug-likeness (QED) is 0.574. The molecule has 106 valence electrons. The van der Waals surface area contributed by atoms with Crippen LogP contribution in [0.5, 0.6) is 5.88 Å². The number of aromatic nitrogens is 1. The van der Waals surface area contributed by atoms with Gasteiger partial charge in [0.25, 0.3) is 0 Å². The predicted octanol–water partition coefficient (Wildman–Crippen LogP) is 4.86. The van der Waals surface area contributed by atoms with Crippen molar-refractivity contribution >= 4 is 11.6 Å². The molecule has 1 aromatic rings. The molecule has 1 aliphatic carbocycles. The third-order valence-electron chi connectivity index (χ3n) is 3.19. The van der Waals surface area contributed by atoms with Crippen LogP contribution in [-0.4, -0.2) is 11.1 Å². The zero-order valence-corrected chi connectivity index (χ0v) is 11.1. The highest BCUT2D eigenvalue weighted by Gasteiger charge is 2.32. The Morgan fingerprint density at radius 1 is 1.11 bits per heavy atom. The SMILES string of the molecule is FC(F)(F)c1cc(Cl)nc(OC2CCCCCC2)c1. The second kappa shape index (κ2) is 5.99. The van der Waals surface area contributed by atoms with Crippen molar-refractivity contribution < 1.29 is 17.9 Å². The number of pyridine rings is 1. The van der Waals surface area contributed by atoms with E-state index in [0.717, 1.165) is 50.7 Å². The van der Waals surface area contributed by atoms with Crippen molar-refractivity contribution in [1.82, 2.24) is 4.98 Å². The number of ether oxygens (including phenoxy) is 1. The molecule has 0 unspecified atom stereocenters.